The van der Waals surface area contributed by atoms with E-state index in [2.05, 4.69) is 23.9 Å². The van der Waals surface area contributed by atoms with Crippen molar-refractivity contribution in [2.75, 3.05) is 40.3 Å². The maximum Gasteiger partial charge on any atom is 0.248 e. The summed E-state index contributed by atoms with van der Waals surface area (Å²) in [6.07, 6.45) is 0.248. The van der Waals surface area contributed by atoms with Gasteiger partial charge in [-0.15, -0.1) is 0 Å². The van der Waals surface area contributed by atoms with Gasteiger partial charge in [0.25, 0.3) is 0 Å². The van der Waals surface area contributed by atoms with Gasteiger partial charge in [-0.25, -0.2) is 0 Å². The van der Waals surface area contributed by atoms with E-state index in [0.717, 1.165) is 38.3 Å². The zero-order chi connectivity index (χ0) is 14.5. The number of rotatable bonds is 5. The molecule has 5 nitrogen and oxygen atoms in total. The molecule has 1 unspecified atom stereocenters. The molecular formula is C15H23N3O2. The minimum Gasteiger partial charge on any atom is -0.374 e. The number of carbonyl (C=O) groups is 1. The molecule has 1 aliphatic heterocycles. The first-order valence-electron chi connectivity index (χ1n) is 6.92. The average molecular weight is 277 g/mol. The summed E-state index contributed by atoms with van der Waals surface area (Å²) in [4.78, 5) is 15.7. The zero-order valence-corrected chi connectivity index (χ0v) is 12.2. The van der Waals surface area contributed by atoms with E-state index < -0.39 is 0 Å². The van der Waals surface area contributed by atoms with Crippen LogP contribution in [0, 0.1) is 0 Å². The summed E-state index contributed by atoms with van der Waals surface area (Å²) in [6.45, 7) is 4.35. The maximum atomic E-state index is 11.2. The topological polar surface area (TPSA) is 58.8 Å². The highest BCUT2D eigenvalue weighted by atomic mass is 16.5. The fraction of sp³-hybridized carbons (Fsp3) is 0.533. The Bertz CT molecular complexity index is 462. The summed E-state index contributed by atoms with van der Waals surface area (Å²) in [5, 5.41) is 0. The predicted octanol–water partition coefficient (Wildman–Crippen LogP) is 0.548. The molecule has 5 heteroatoms. The fourth-order valence-electron chi connectivity index (χ4n) is 2.52. The Morgan fingerprint density at radius 3 is 3.00 bits per heavy atom. The van der Waals surface area contributed by atoms with Gasteiger partial charge < -0.3 is 15.4 Å². The molecule has 110 valence electrons. The molecule has 1 fully saturated rings. The SMILES string of the molecule is CN(C)CC1CN(Cc2cccc(C(N)=O)c2)CCO1. The monoisotopic (exact) mass is 277 g/mol. The first-order chi connectivity index (χ1) is 9.54. The number of likely N-dealkylation sites (N-methyl/N-ethyl adjacent to an activating group) is 1. The van der Waals surface area contributed by atoms with Gasteiger partial charge in [0.1, 0.15) is 0 Å². The van der Waals surface area contributed by atoms with Crippen molar-refractivity contribution in [1.29, 1.82) is 0 Å². The second-order valence-corrected chi connectivity index (χ2v) is 5.55. The number of amides is 1. The number of morpholine rings is 1. The van der Waals surface area contributed by atoms with Crippen molar-refractivity contribution in [1.82, 2.24) is 9.80 Å². The summed E-state index contributed by atoms with van der Waals surface area (Å²) in [7, 11) is 4.11. The molecule has 1 heterocycles. The number of carbonyl (C=O) groups excluding carboxylic acids is 1. The van der Waals surface area contributed by atoms with E-state index in [0.29, 0.717) is 5.56 Å². The molecule has 0 aliphatic carbocycles. The second-order valence-electron chi connectivity index (χ2n) is 5.55. The molecule has 2 rings (SSSR count). The van der Waals surface area contributed by atoms with Crippen LogP contribution in [0.3, 0.4) is 0 Å². The van der Waals surface area contributed by atoms with E-state index >= 15 is 0 Å². The predicted molar refractivity (Wildman–Crippen MR) is 78.5 cm³/mol. The number of nitrogens with zero attached hydrogens (tertiary/aromatic N) is 2. The average Bonchev–Trinajstić information content (AvgIpc) is 2.38. The first-order valence-corrected chi connectivity index (χ1v) is 6.92. The molecule has 1 aromatic rings. The van der Waals surface area contributed by atoms with Crippen molar-refractivity contribution >= 4 is 5.91 Å². The lowest BCUT2D eigenvalue weighted by Gasteiger charge is -2.34. The molecular weight excluding hydrogens is 254 g/mol. The van der Waals surface area contributed by atoms with Crippen molar-refractivity contribution in [2.45, 2.75) is 12.6 Å². The lowest BCUT2D eigenvalue weighted by Crippen LogP contribution is -2.45. The summed E-state index contributed by atoms with van der Waals surface area (Å²) in [5.74, 6) is -0.376. The van der Waals surface area contributed by atoms with Crippen LogP contribution in [0.4, 0.5) is 0 Å². The third-order valence-corrected chi connectivity index (χ3v) is 3.41. The second kappa shape index (κ2) is 6.83. The molecule has 0 saturated carbocycles. The molecule has 0 aromatic heterocycles. The molecule has 1 amide bonds. The van der Waals surface area contributed by atoms with Crippen LogP contribution in [0.15, 0.2) is 24.3 Å². The normalized spacial score (nSPS) is 20.2. The highest BCUT2D eigenvalue weighted by Crippen LogP contribution is 2.12. The summed E-state index contributed by atoms with van der Waals surface area (Å²) in [6, 6.07) is 7.54. The Labute approximate surface area is 120 Å². The molecule has 1 aromatic carbocycles. The molecule has 0 spiro atoms. The van der Waals surface area contributed by atoms with Gasteiger partial charge in [-0.1, -0.05) is 12.1 Å². The quantitative estimate of drug-likeness (QED) is 0.854. The highest BCUT2D eigenvalue weighted by Gasteiger charge is 2.21. The van der Waals surface area contributed by atoms with Crippen molar-refractivity contribution < 1.29 is 9.53 Å². The van der Waals surface area contributed by atoms with Gasteiger partial charge in [-0.3, -0.25) is 9.69 Å². The van der Waals surface area contributed by atoms with Crippen LogP contribution in [0.25, 0.3) is 0 Å². The molecule has 0 radical (unpaired) electrons. The van der Waals surface area contributed by atoms with Crippen molar-refractivity contribution in [3.63, 3.8) is 0 Å². The van der Waals surface area contributed by atoms with Gasteiger partial charge in [-0.2, -0.15) is 0 Å². The number of hydrogen-bond donors (Lipinski definition) is 1. The lowest BCUT2D eigenvalue weighted by atomic mass is 10.1. The van der Waals surface area contributed by atoms with Gasteiger partial charge in [-0.05, 0) is 31.8 Å². The van der Waals surface area contributed by atoms with Gasteiger partial charge in [0.2, 0.25) is 5.91 Å². The van der Waals surface area contributed by atoms with Crippen LogP contribution in [-0.2, 0) is 11.3 Å². The van der Waals surface area contributed by atoms with Gasteiger partial charge in [0, 0.05) is 31.7 Å². The molecule has 20 heavy (non-hydrogen) atoms. The fourth-order valence-corrected chi connectivity index (χ4v) is 2.52. The minimum atomic E-state index is -0.376. The van der Waals surface area contributed by atoms with Gasteiger partial charge >= 0.3 is 0 Å². The number of hydrogen-bond acceptors (Lipinski definition) is 4. The lowest BCUT2D eigenvalue weighted by molar-refractivity contribution is -0.0406. The number of benzene rings is 1. The van der Waals surface area contributed by atoms with E-state index in [1.165, 1.54) is 0 Å². The minimum absolute atomic E-state index is 0.248. The Kier molecular flexibility index (Phi) is 5.11. The van der Waals surface area contributed by atoms with Crippen LogP contribution in [0.5, 0.6) is 0 Å². The van der Waals surface area contributed by atoms with Crippen LogP contribution in [0.2, 0.25) is 0 Å². The number of nitrogens with two attached hydrogens (primary N) is 1. The summed E-state index contributed by atoms with van der Waals surface area (Å²) < 4.78 is 5.76. The number of primary amides is 1. The maximum absolute atomic E-state index is 11.2. The van der Waals surface area contributed by atoms with Crippen LogP contribution < -0.4 is 5.73 Å². The number of ether oxygens (including phenoxy) is 1. The standard InChI is InChI=1S/C15H23N3O2/c1-17(2)10-14-11-18(6-7-20-14)9-12-4-3-5-13(8-12)15(16)19/h3-5,8,14H,6-7,9-11H2,1-2H3,(H2,16,19). The van der Waals surface area contributed by atoms with E-state index in [1.54, 1.807) is 6.07 Å². The Morgan fingerprint density at radius 2 is 2.30 bits per heavy atom. The third-order valence-electron chi connectivity index (χ3n) is 3.41. The van der Waals surface area contributed by atoms with E-state index in [4.69, 9.17) is 10.5 Å². The van der Waals surface area contributed by atoms with Crippen molar-refractivity contribution in [2.24, 2.45) is 5.73 Å². The van der Waals surface area contributed by atoms with Crippen LogP contribution >= 0.6 is 0 Å². The van der Waals surface area contributed by atoms with E-state index in [9.17, 15) is 4.79 Å². The van der Waals surface area contributed by atoms with Gasteiger partial charge in [0.15, 0.2) is 0 Å². The smallest absolute Gasteiger partial charge is 0.248 e. The van der Waals surface area contributed by atoms with E-state index in [-0.39, 0.29) is 12.0 Å². The van der Waals surface area contributed by atoms with E-state index in [1.807, 2.05) is 18.2 Å². The summed E-state index contributed by atoms with van der Waals surface area (Å²) >= 11 is 0. The van der Waals surface area contributed by atoms with Crippen LogP contribution in [0.1, 0.15) is 15.9 Å². The summed E-state index contributed by atoms with van der Waals surface area (Å²) in [5.41, 5.74) is 7.00. The molecule has 2 N–H and O–H groups in total. The van der Waals surface area contributed by atoms with Crippen molar-refractivity contribution in [3.05, 3.63) is 35.4 Å². The molecule has 1 aliphatic rings. The molecule has 0 bridgehead atoms. The first kappa shape index (κ1) is 15.0. The Morgan fingerprint density at radius 1 is 1.50 bits per heavy atom. The molecule has 1 atom stereocenters. The zero-order valence-electron chi connectivity index (χ0n) is 12.2. The van der Waals surface area contributed by atoms with Crippen molar-refractivity contribution in [3.8, 4) is 0 Å². The van der Waals surface area contributed by atoms with Gasteiger partial charge in [0.05, 0.1) is 12.7 Å². The van der Waals surface area contributed by atoms with Crippen LogP contribution in [-0.4, -0.2) is 62.1 Å². The highest BCUT2D eigenvalue weighted by molar-refractivity contribution is 5.92. The Balaban J connectivity index is 1.95. The Hall–Kier alpha value is -1.43. The molecule has 1 saturated heterocycles. The largest absolute Gasteiger partial charge is 0.374 e. The third kappa shape index (κ3) is 4.30.